The largest absolute Gasteiger partial charge is 0.497 e. The fraction of sp³-hybridized carbons (Fsp3) is 0.467. The number of ether oxygens (including phenoxy) is 2. The van der Waals surface area contributed by atoms with E-state index in [-0.39, 0.29) is 0 Å². The fourth-order valence-corrected chi connectivity index (χ4v) is 2.14. The molecule has 0 aliphatic carbocycles. The van der Waals surface area contributed by atoms with Crippen LogP contribution in [-0.2, 0) is 9.59 Å². The van der Waals surface area contributed by atoms with E-state index in [4.69, 9.17) is 9.47 Å². The zero-order valence-electron chi connectivity index (χ0n) is 12.1. The van der Waals surface area contributed by atoms with Crippen LogP contribution < -0.4 is 14.8 Å². The van der Waals surface area contributed by atoms with E-state index in [1.165, 1.54) is 0 Å². The maximum Gasteiger partial charge on any atom is 0.311 e. The Kier molecular flexibility index (Phi) is 5.43. The summed E-state index contributed by atoms with van der Waals surface area (Å²) in [5, 5.41) is 2.57. The molecule has 21 heavy (non-hydrogen) atoms. The summed E-state index contributed by atoms with van der Waals surface area (Å²) < 4.78 is 10.5. The summed E-state index contributed by atoms with van der Waals surface area (Å²) in [5.41, 5.74) is 0. The molecule has 0 spiro atoms. The Morgan fingerprint density at radius 3 is 2.38 bits per heavy atom. The third-order valence-electron chi connectivity index (χ3n) is 3.30. The highest BCUT2D eigenvalue weighted by Crippen LogP contribution is 2.16. The summed E-state index contributed by atoms with van der Waals surface area (Å²) >= 11 is 0. The van der Waals surface area contributed by atoms with Gasteiger partial charge in [-0.1, -0.05) is 0 Å². The molecule has 1 aromatic carbocycles. The molecule has 6 nitrogen and oxygen atoms in total. The SMILES string of the molecule is COc1ccc(OCCNC(=O)C(=O)N2CCCC2)cc1. The highest BCUT2D eigenvalue weighted by Gasteiger charge is 2.23. The molecule has 0 aromatic heterocycles. The summed E-state index contributed by atoms with van der Waals surface area (Å²) in [7, 11) is 1.60. The van der Waals surface area contributed by atoms with Crippen LogP contribution in [0.1, 0.15) is 12.8 Å². The molecule has 2 amide bonds. The van der Waals surface area contributed by atoms with Crippen LogP contribution in [-0.4, -0.2) is 50.1 Å². The number of methoxy groups -OCH3 is 1. The fourth-order valence-electron chi connectivity index (χ4n) is 2.14. The summed E-state index contributed by atoms with van der Waals surface area (Å²) in [4.78, 5) is 25.0. The van der Waals surface area contributed by atoms with Crippen LogP contribution in [0.25, 0.3) is 0 Å². The van der Waals surface area contributed by atoms with E-state index in [2.05, 4.69) is 5.32 Å². The van der Waals surface area contributed by atoms with Crippen molar-refractivity contribution < 1.29 is 19.1 Å². The van der Waals surface area contributed by atoms with Crippen molar-refractivity contribution in [2.45, 2.75) is 12.8 Å². The minimum Gasteiger partial charge on any atom is -0.497 e. The Morgan fingerprint density at radius 2 is 1.76 bits per heavy atom. The molecular weight excluding hydrogens is 272 g/mol. The zero-order chi connectivity index (χ0) is 15.1. The summed E-state index contributed by atoms with van der Waals surface area (Å²) in [5.74, 6) is 0.440. The lowest BCUT2D eigenvalue weighted by atomic mass is 10.3. The van der Waals surface area contributed by atoms with Crippen LogP contribution in [0.3, 0.4) is 0 Å². The van der Waals surface area contributed by atoms with Gasteiger partial charge in [-0.05, 0) is 37.1 Å². The van der Waals surface area contributed by atoms with Gasteiger partial charge in [-0.2, -0.15) is 0 Å². The van der Waals surface area contributed by atoms with Gasteiger partial charge in [0.25, 0.3) is 0 Å². The molecule has 0 radical (unpaired) electrons. The van der Waals surface area contributed by atoms with E-state index in [1.54, 1.807) is 36.3 Å². The molecule has 1 saturated heterocycles. The first-order chi connectivity index (χ1) is 10.2. The molecule has 0 saturated carbocycles. The number of benzene rings is 1. The van der Waals surface area contributed by atoms with E-state index < -0.39 is 11.8 Å². The van der Waals surface area contributed by atoms with Gasteiger partial charge in [-0.3, -0.25) is 9.59 Å². The van der Waals surface area contributed by atoms with Gasteiger partial charge in [-0.15, -0.1) is 0 Å². The molecule has 114 valence electrons. The van der Waals surface area contributed by atoms with E-state index in [9.17, 15) is 9.59 Å². The van der Waals surface area contributed by atoms with Crippen LogP contribution in [0.5, 0.6) is 11.5 Å². The van der Waals surface area contributed by atoms with Crippen molar-refractivity contribution in [3.05, 3.63) is 24.3 Å². The van der Waals surface area contributed by atoms with Crippen LogP contribution >= 0.6 is 0 Å². The third-order valence-corrected chi connectivity index (χ3v) is 3.30. The van der Waals surface area contributed by atoms with Crippen molar-refractivity contribution >= 4 is 11.8 Å². The first kappa shape index (κ1) is 15.2. The third kappa shape index (κ3) is 4.37. The Bertz CT molecular complexity index is 481. The number of likely N-dealkylation sites (tertiary alicyclic amines) is 1. The van der Waals surface area contributed by atoms with Crippen molar-refractivity contribution in [2.75, 3.05) is 33.4 Å². The van der Waals surface area contributed by atoms with Gasteiger partial charge in [0.2, 0.25) is 0 Å². The molecule has 0 atom stereocenters. The number of nitrogens with zero attached hydrogens (tertiary/aromatic N) is 1. The Hall–Kier alpha value is -2.24. The molecule has 1 N–H and O–H groups in total. The topological polar surface area (TPSA) is 67.9 Å². The number of hydrogen-bond donors (Lipinski definition) is 1. The maximum absolute atomic E-state index is 11.7. The Morgan fingerprint density at radius 1 is 1.14 bits per heavy atom. The number of hydrogen-bond acceptors (Lipinski definition) is 4. The summed E-state index contributed by atoms with van der Waals surface area (Å²) in [6.45, 7) is 1.96. The highest BCUT2D eigenvalue weighted by molar-refractivity contribution is 6.35. The van der Waals surface area contributed by atoms with Crippen molar-refractivity contribution in [2.24, 2.45) is 0 Å². The quantitative estimate of drug-likeness (QED) is 0.644. The number of carbonyl (C=O) groups is 2. The highest BCUT2D eigenvalue weighted by atomic mass is 16.5. The van der Waals surface area contributed by atoms with Gasteiger partial charge in [0, 0.05) is 13.1 Å². The molecular formula is C15H20N2O4. The molecule has 6 heteroatoms. The lowest BCUT2D eigenvalue weighted by Gasteiger charge is -2.14. The normalized spacial score (nSPS) is 13.9. The molecule has 2 rings (SSSR count). The van der Waals surface area contributed by atoms with E-state index in [0.29, 0.717) is 32.0 Å². The van der Waals surface area contributed by atoms with Crippen LogP contribution in [0, 0.1) is 0 Å². The average Bonchev–Trinajstić information content (AvgIpc) is 3.05. The lowest BCUT2D eigenvalue weighted by molar-refractivity contribution is -0.145. The average molecular weight is 292 g/mol. The van der Waals surface area contributed by atoms with Gasteiger partial charge in [0.1, 0.15) is 18.1 Å². The van der Waals surface area contributed by atoms with Gasteiger partial charge in [0.15, 0.2) is 0 Å². The lowest BCUT2D eigenvalue weighted by Crippen LogP contribution is -2.42. The smallest absolute Gasteiger partial charge is 0.311 e. The van der Waals surface area contributed by atoms with Crippen LogP contribution in [0.15, 0.2) is 24.3 Å². The number of rotatable bonds is 5. The second-order valence-electron chi connectivity index (χ2n) is 4.78. The van der Waals surface area contributed by atoms with Crippen molar-refractivity contribution in [3.8, 4) is 11.5 Å². The van der Waals surface area contributed by atoms with E-state index >= 15 is 0 Å². The number of amides is 2. The predicted octanol–water partition coefficient (Wildman–Crippen LogP) is 0.813. The Labute approximate surface area is 124 Å². The molecule has 1 heterocycles. The van der Waals surface area contributed by atoms with Crippen molar-refractivity contribution in [1.82, 2.24) is 10.2 Å². The number of nitrogens with one attached hydrogen (secondary N) is 1. The van der Waals surface area contributed by atoms with Crippen molar-refractivity contribution in [1.29, 1.82) is 0 Å². The second-order valence-corrected chi connectivity index (χ2v) is 4.78. The minimum absolute atomic E-state index is 0.296. The van der Waals surface area contributed by atoms with Gasteiger partial charge < -0.3 is 19.7 Å². The van der Waals surface area contributed by atoms with Crippen molar-refractivity contribution in [3.63, 3.8) is 0 Å². The van der Waals surface area contributed by atoms with Crippen LogP contribution in [0.2, 0.25) is 0 Å². The van der Waals surface area contributed by atoms with E-state index in [1.807, 2.05) is 0 Å². The van der Waals surface area contributed by atoms with Crippen LogP contribution in [0.4, 0.5) is 0 Å². The Balaban J connectivity index is 1.66. The molecule has 0 bridgehead atoms. The molecule has 0 unspecified atom stereocenters. The molecule has 1 aliphatic rings. The monoisotopic (exact) mass is 292 g/mol. The second kappa shape index (κ2) is 7.52. The van der Waals surface area contributed by atoms with Gasteiger partial charge in [-0.25, -0.2) is 0 Å². The standard InChI is InChI=1S/C15H20N2O4/c1-20-12-4-6-13(7-5-12)21-11-8-16-14(18)15(19)17-9-2-3-10-17/h4-7H,2-3,8-11H2,1H3,(H,16,18). The number of carbonyl (C=O) groups excluding carboxylic acids is 2. The molecule has 1 aromatic rings. The summed E-state index contributed by atoms with van der Waals surface area (Å²) in [6.07, 6.45) is 1.94. The first-order valence-electron chi connectivity index (χ1n) is 7.04. The minimum atomic E-state index is -0.560. The van der Waals surface area contributed by atoms with E-state index in [0.717, 1.165) is 18.6 Å². The molecule has 1 fully saturated rings. The molecule has 1 aliphatic heterocycles. The predicted molar refractivity (Wildman–Crippen MR) is 77.3 cm³/mol. The van der Waals surface area contributed by atoms with Gasteiger partial charge in [0.05, 0.1) is 13.7 Å². The first-order valence-corrected chi connectivity index (χ1v) is 7.04. The van der Waals surface area contributed by atoms with Gasteiger partial charge >= 0.3 is 11.8 Å². The maximum atomic E-state index is 11.7. The zero-order valence-corrected chi connectivity index (χ0v) is 12.1. The summed E-state index contributed by atoms with van der Waals surface area (Å²) in [6, 6.07) is 7.17.